The Morgan fingerprint density at radius 2 is 1.77 bits per heavy atom. The van der Waals surface area contributed by atoms with Gasteiger partial charge in [0.2, 0.25) is 0 Å². The lowest BCUT2D eigenvalue weighted by atomic mass is 10.1. The summed E-state index contributed by atoms with van der Waals surface area (Å²) < 4.78 is 15.8. The molecule has 0 aromatic heterocycles. The summed E-state index contributed by atoms with van der Waals surface area (Å²) in [5, 5.41) is 0. The summed E-state index contributed by atoms with van der Waals surface area (Å²) in [6.45, 7) is 6.63. The van der Waals surface area contributed by atoms with Gasteiger partial charge in [-0.2, -0.15) is 0 Å². The minimum absolute atomic E-state index is 0.176. The maximum absolute atomic E-state index is 12.0. The highest BCUT2D eigenvalue weighted by Gasteiger charge is 2.23. The number of aryl methyl sites for hydroxylation is 3. The van der Waals surface area contributed by atoms with Crippen molar-refractivity contribution in [1.82, 2.24) is 0 Å². The van der Waals surface area contributed by atoms with Crippen molar-refractivity contribution < 1.29 is 23.8 Å². The fourth-order valence-corrected chi connectivity index (χ4v) is 3.01. The van der Waals surface area contributed by atoms with Gasteiger partial charge >= 0.3 is 12.1 Å². The normalized spacial score (nSPS) is 13.5. The van der Waals surface area contributed by atoms with Crippen LogP contribution >= 0.6 is 0 Å². The van der Waals surface area contributed by atoms with E-state index in [4.69, 9.17) is 14.2 Å². The first-order valence-corrected chi connectivity index (χ1v) is 8.40. The van der Waals surface area contributed by atoms with Crippen molar-refractivity contribution in [2.75, 3.05) is 24.7 Å². The molecule has 3 rings (SSSR count). The highest BCUT2D eigenvalue weighted by atomic mass is 16.6. The van der Waals surface area contributed by atoms with E-state index in [1.165, 1.54) is 4.90 Å². The Morgan fingerprint density at radius 3 is 2.35 bits per heavy atom. The summed E-state index contributed by atoms with van der Waals surface area (Å²) in [6.07, 6.45) is -0.369. The van der Waals surface area contributed by atoms with Crippen LogP contribution in [0.5, 0.6) is 11.5 Å². The summed E-state index contributed by atoms with van der Waals surface area (Å²) in [5.74, 6) is 0.611. The van der Waals surface area contributed by atoms with Crippen molar-refractivity contribution >= 4 is 17.7 Å². The predicted molar refractivity (Wildman–Crippen MR) is 96.9 cm³/mol. The van der Waals surface area contributed by atoms with Crippen LogP contribution in [0, 0.1) is 20.8 Å². The molecule has 1 amide bonds. The fraction of sp³-hybridized carbons (Fsp3) is 0.300. The van der Waals surface area contributed by atoms with Crippen molar-refractivity contribution in [1.29, 1.82) is 0 Å². The molecule has 1 heterocycles. The third kappa shape index (κ3) is 3.96. The van der Waals surface area contributed by atoms with Crippen LogP contribution in [0.1, 0.15) is 16.7 Å². The summed E-state index contributed by atoms with van der Waals surface area (Å²) in [4.78, 5) is 25.1. The standard InChI is InChI=1S/C20H21NO5/c1-13-10-14(2)19(15(3)11-13)25-12-18(22)26-17-6-4-16(5-7-17)21-8-9-24-20(21)23/h4-7,10-11H,8-9,12H2,1-3H3. The second-order valence-electron chi connectivity index (χ2n) is 6.25. The molecule has 0 unspecified atom stereocenters. The molecule has 0 atom stereocenters. The van der Waals surface area contributed by atoms with Crippen LogP contribution in [0.2, 0.25) is 0 Å². The number of amides is 1. The van der Waals surface area contributed by atoms with Gasteiger partial charge in [-0.15, -0.1) is 0 Å². The van der Waals surface area contributed by atoms with E-state index in [-0.39, 0.29) is 12.7 Å². The van der Waals surface area contributed by atoms with Crippen LogP contribution in [0.25, 0.3) is 0 Å². The number of hydrogen-bond donors (Lipinski definition) is 0. The molecule has 2 aromatic carbocycles. The molecule has 26 heavy (non-hydrogen) atoms. The van der Waals surface area contributed by atoms with Gasteiger partial charge in [-0.3, -0.25) is 4.90 Å². The number of carbonyl (C=O) groups is 2. The summed E-state index contributed by atoms with van der Waals surface area (Å²) in [6, 6.07) is 10.7. The number of benzene rings is 2. The van der Waals surface area contributed by atoms with Crippen molar-refractivity contribution in [2.45, 2.75) is 20.8 Å². The zero-order valence-corrected chi connectivity index (χ0v) is 15.1. The van der Waals surface area contributed by atoms with Gasteiger partial charge in [0.05, 0.1) is 6.54 Å². The highest BCUT2D eigenvalue weighted by molar-refractivity contribution is 5.89. The van der Waals surface area contributed by atoms with Gasteiger partial charge in [0.25, 0.3) is 0 Å². The van der Waals surface area contributed by atoms with Crippen molar-refractivity contribution in [3.05, 3.63) is 53.1 Å². The Bertz CT molecular complexity index is 806. The molecule has 1 saturated heterocycles. The molecular weight excluding hydrogens is 334 g/mol. The van der Waals surface area contributed by atoms with Crippen molar-refractivity contribution in [2.24, 2.45) is 0 Å². The minimum Gasteiger partial charge on any atom is -0.481 e. The van der Waals surface area contributed by atoms with Crippen LogP contribution in [0.4, 0.5) is 10.5 Å². The Balaban J connectivity index is 1.58. The van der Waals surface area contributed by atoms with Crippen LogP contribution in [0.15, 0.2) is 36.4 Å². The van der Waals surface area contributed by atoms with E-state index in [9.17, 15) is 9.59 Å². The van der Waals surface area contributed by atoms with Gasteiger partial charge in [0, 0.05) is 5.69 Å². The van der Waals surface area contributed by atoms with E-state index in [0.717, 1.165) is 16.7 Å². The molecule has 1 aliphatic heterocycles. The Kier molecular flexibility index (Phi) is 5.11. The van der Waals surface area contributed by atoms with E-state index in [1.54, 1.807) is 24.3 Å². The molecule has 136 valence electrons. The number of carbonyl (C=O) groups excluding carboxylic acids is 2. The van der Waals surface area contributed by atoms with Crippen molar-refractivity contribution in [3.8, 4) is 11.5 Å². The largest absolute Gasteiger partial charge is 0.481 e. The van der Waals surface area contributed by atoms with E-state index in [0.29, 0.717) is 30.3 Å². The van der Waals surface area contributed by atoms with Crippen LogP contribution in [0.3, 0.4) is 0 Å². The zero-order chi connectivity index (χ0) is 18.7. The second-order valence-corrected chi connectivity index (χ2v) is 6.25. The molecule has 0 N–H and O–H groups in total. The van der Waals surface area contributed by atoms with Gasteiger partial charge in [0.15, 0.2) is 6.61 Å². The Hall–Kier alpha value is -3.02. The number of anilines is 1. The lowest BCUT2D eigenvalue weighted by Gasteiger charge is -2.14. The molecule has 0 spiro atoms. The summed E-state index contributed by atoms with van der Waals surface area (Å²) in [5.41, 5.74) is 3.82. The summed E-state index contributed by atoms with van der Waals surface area (Å²) >= 11 is 0. The summed E-state index contributed by atoms with van der Waals surface area (Å²) in [7, 11) is 0. The average Bonchev–Trinajstić information content (AvgIpc) is 3.00. The number of ether oxygens (including phenoxy) is 3. The molecular formula is C20H21NO5. The molecule has 6 nitrogen and oxygen atoms in total. The topological polar surface area (TPSA) is 65.1 Å². The molecule has 2 aromatic rings. The molecule has 1 aliphatic rings. The van der Waals surface area contributed by atoms with E-state index < -0.39 is 5.97 Å². The smallest absolute Gasteiger partial charge is 0.414 e. The third-order valence-corrected chi connectivity index (χ3v) is 4.08. The number of hydrogen-bond acceptors (Lipinski definition) is 5. The monoisotopic (exact) mass is 355 g/mol. The molecule has 0 bridgehead atoms. The van der Waals surface area contributed by atoms with E-state index in [2.05, 4.69) is 0 Å². The quantitative estimate of drug-likeness (QED) is 0.606. The highest BCUT2D eigenvalue weighted by Crippen LogP contribution is 2.25. The first kappa shape index (κ1) is 17.8. The van der Waals surface area contributed by atoms with Crippen LogP contribution in [-0.4, -0.2) is 31.8 Å². The van der Waals surface area contributed by atoms with Gasteiger partial charge in [-0.1, -0.05) is 17.7 Å². The maximum Gasteiger partial charge on any atom is 0.414 e. The molecule has 0 radical (unpaired) electrons. The molecule has 6 heteroatoms. The Morgan fingerprint density at radius 1 is 1.12 bits per heavy atom. The van der Waals surface area contributed by atoms with Gasteiger partial charge in [-0.25, -0.2) is 9.59 Å². The molecule has 0 saturated carbocycles. The van der Waals surface area contributed by atoms with Crippen molar-refractivity contribution in [3.63, 3.8) is 0 Å². The third-order valence-electron chi connectivity index (χ3n) is 4.08. The zero-order valence-electron chi connectivity index (χ0n) is 15.1. The lowest BCUT2D eigenvalue weighted by Crippen LogP contribution is -2.23. The Labute approximate surface area is 152 Å². The van der Waals surface area contributed by atoms with Gasteiger partial charge < -0.3 is 14.2 Å². The van der Waals surface area contributed by atoms with E-state index in [1.807, 2.05) is 32.9 Å². The fourth-order valence-electron chi connectivity index (χ4n) is 3.01. The number of cyclic esters (lactones) is 1. The second kappa shape index (κ2) is 7.47. The van der Waals surface area contributed by atoms with Crippen LogP contribution in [-0.2, 0) is 9.53 Å². The number of rotatable bonds is 5. The first-order chi connectivity index (χ1) is 12.4. The number of esters is 1. The first-order valence-electron chi connectivity index (χ1n) is 8.40. The maximum atomic E-state index is 12.0. The molecule has 0 aliphatic carbocycles. The average molecular weight is 355 g/mol. The SMILES string of the molecule is Cc1cc(C)c(OCC(=O)Oc2ccc(N3CCOC3=O)cc2)c(C)c1. The predicted octanol–water partition coefficient (Wildman–Crippen LogP) is 3.55. The van der Waals surface area contributed by atoms with Crippen LogP contribution < -0.4 is 14.4 Å². The molecule has 1 fully saturated rings. The van der Waals surface area contributed by atoms with Gasteiger partial charge in [0.1, 0.15) is 18.1 Å². The van der Waals surface area contributed by atoms with Gasteiger partial charge in [-0.05, 0) is 56.2 Å². The lowest BCUT2D eigenvalue weighted by molar-refractivity contribution is -0.136. The minimum atomic E-state index is -0.488. The van der Waals surface area contributed by atoms with E-state index >= 15 is 0 Å². The number of nitrogens with zero attached hydrogens (tertiary/aromatic N) is 1.